The zero-order chi connectivity index (χ0) is 21.0. The molecule has 0 aliphatic carbocycles. The SMILES string of the molecule is Cc1nn2cccnc2c1C(=O)OCC(=O)NCCc1ccc(S(N)(=O)=O)cc1. The van der Waals surface area contributed by atoms with Gasteiger partial charge in [-0.3, -0.25) is 4.79 Å². The minimum Gasteiger partial charge on any atom is -0.452 e. The number of carbonyl (C=O) groups excluding carboxylic acids is 2. The van der Waals surface area contributed by atoms with Gasteiger partial charge in [0, 0.05) is 18.9 Å². The molecule has 0 aliphatic heterocycles. The molecule has 152 valence electrons. The number of amides is 1. The molecule has 2 aromatic heterocycles. The lowest BCUT2D eigenvalue weighted by atomic mass is 10.1. The third-order valence-corrected chi connectivity index (χ3v) is 5.03. The number of hydrogen-bond acceptors (Lipinski definition) is 7. The summed E-state index contributed by atoms with van der Waals surface area (Å²) in [5.74, 6) is -1.13. The van der Waals surface area contributed by atoms with Crippen LogP contribution in [0.5, 0.6) is 0 Å². The Kier molecular flexibility index (Phi) is 5.89. The molecule has 29 heavy (non-hydrogen) atoms. The molecule has 0 atom stereocenters. The number of aromatic nitrogens is 3. The molecule has 3 rings (SSSR count). The van der Waals surface area contributed by atoms with Gasteiger partial charge in [-0.1, -0.05) is 12.1 Å². The molecule has 3 N–H and O–H groups in total. The van der Waals surface area contributed by atoms with Gasteiger partial charge >= 0.3 is 5.97 Å². The summed E-state index contributed by atoms with van der Waals surface area (Å²) < 4.78 is 29.0. The molecule has 0 spiro atoms. The summed E-state index contributed by atoms with van der Waals surface area (Å²) in [5.41, 5.74) is 1.85. The van der Waals surface area contributed by atoms with Crippen molar-refractivity contribution in [2.45, 2.75) is 18.2 Å². The second-order valence-corrected chi connectivity index (χ2v) is 7.77. The number of ether oxygens (including phenoxy) is 1. The van der Waals surface area contributed by atoms with E-state index in [4.69, 9.17) is 9.88 Å². The fourth-order valence-electron chi connectivity index (χ4n) is 2.68. The summed E-state index contributed by atoms with van der Waals surface area (Å²) in [6.07, 6.45) is 3.67. The van der Waals surface area contributed by atoms with E-state index in [1.807, 2.05) is 0 Å². The topological polar surface area (TPSA) is 146 Å². The highest BCUT2D eigenvalue weighted by atomic mass is 32.2. The van der Waals surface area contributed by atoms with Crippen LogP contribution in [0.3, 0.4) is 0 Å². The maximum Gasteiger partial charge on any atom is 0.344 e. The first-order valence-electron chi connectivity index (χ1n) is 8.61. The van der Waals surface area contributed by atoms with Gasteiger partial charge in [-0.05, 0) is 37.1 Å². The Morgan fingerprint density at radius 2 is 1.97 bits per heavy atom. The minimum atomic E-state index is -3.73. The van der Waals surface area contributed by atoms with Crippen LogP contribution in [0, 0.1) is 6.92 Å². The molecule has 0 aliphatic rings. The Bertz CT molecular complexity index is 1160. The number of nitrogens with one attached hydrogen (secondary N) is 1. The van der Waals surface area contributed by atoms with E-state index < -0.39 is 28.5 Å². The number of aryl methyl sites for hydroxylation is 1. The lowest BCUT2D eigenvalue weighted by Gasteiger charge is -2.07. The molecule has 0 saturated carbocycles. The highest BCUT2D eigenvalue weighted by Gasteiger charge is 2.20. The summed E-state index contributed by atoms with van der Waals surface area (Å²) in [6, 6.07) is 7.73. The number of nitrogens with two attached hydrogens (primary N) is 1. The van der Waals surface area contributed by atoms with Crippen LogP contribution in [0.2, 0.25) is 0 Å². The monoisotopic (exact) mass is 417 g/mol. The van der Waals surface area contributed by atoms with Gasteiger partial charge in [-0.2, -0.15) is 5.10 Å². The third kappa shape index (κ3) is 4.95. The fraction of sp³-hybridized carbons (Fsp3) is 0.222. The first kappa shape index (κ1) is 20.4. The smallest absolute Gasteiger partial charge is 0.344 e. The molecule has 1 aromatic carbocycles. The molecule has 0 radical (unpaired) electrons. The number of primary sulfonamides is 1. The second-order valence-electron chi connectivity index (χ2n) is 6.21. The molecule has 0 saturated heterocycles. The lowest BCUT2D eigenvalue weighted by molar-refractivity contribution is -0.124. The Morgan fingerprint density at radius 3 is 2.66 bits per heavy atom. The van der Waals surface area contributed by atoms with E-state index in [0.717, 1.165) is 5.56 Å². The van der Waals surface area contributed by atoms with Crippen molar-refractivity contribution in [1.82, 2.24) is 19.9 Å². The molecule has 0 bridgehead atoms. The lowest BCUT2D eigenvalue weighted by Crippen LogP contribution is -2.30. The van der Waals surface area contributed by atoms with E-state index in [1.165, 1.54) is 22.8 Å². The van der Waals surface area contributed by atoms with E-state index in [2.05, 4.69) is 15.4 Å². The summed E-state index contributed by atoms with van der Waals surface area (Å²) in [5, 5.41) is 11.9. The van der Waals surface area contributed by atoms with Gasteiger partial charge in [0.05, 0.1) is 10.6 Å². The Labute approximate surface area is 166 Å². The number of fused-ring (bicyclic) bond motifs is 1. The standard InChI is InChI=1S/C18H19N5O5S/c1-12-16(17-21-8-2-10-23(17)22-12)18(25)28-11-15(24)20-9-7-13-3-5-14(6-4-13)29(19,26)27/h2-6,8,10H,7,9,11H2,1H3,(H,20,24)(H2,19,26,27). The number of rotatable bonds is 7. The molecule has 0 unspecified atom stereocenters. The highest BCUT2D eigenvalue weighted by Crippen LogP contribution is 2.14. The van der Waals surface area contributed by atoms with Crippen molar-refractivity contribution >= 4 is 27.5 Å². The average molecular weight is 417 g/mol. The van der Waals surface area contributed by atoms with E-state index in [0.29, 0.717) is 24.3 Å². The maximum atomic E-state index is 12.3. The van der Waals surface area contributed by atoms with Gasteiger partial charge in [-0.15, -0.1) is 0 Å². The number of sulfonamides is 1. The molecule has 0 fully saturated rings. The van der Waals surface area contributed by atoms with Crippen LogP contribution in [-0.2, 0) is 26.0 Å². The normalized spacial score (nSPS) is 11.4. The first-order valence-corrected chi connectivity index (χ1v) is 10.2. The van der Waals surface area contributed by atoms with Crippen LogP contribution in [0.1, 0.15) is 21.6 Å². The molecular formula is C18H19N5O5S. The number of carbonyl (C=O) groups is 2. The van der Waals surface area contributed by atoms with Crippen molar-refractivity contribution < 1.29 is 22.7 Å². The van der Waals surface area contributed by atoms with Crippen LogP contribution in [0.25, 0.3) is 5.65 Å². The summed E-state index contributed by atoms with van der Waals surface area (Å²) >= 11 is 0. The average Bonchev–Trinajstić information content (AvgIpc) is 3.01. The molecule has 3 aromatic rings. The van der Waals surface area contributed by atoms with Gasteiger partial charge in [0.25, 0.3) is 5.91 Å². The van der Waals surface area contributed by atoms with Crippen molar-refractivity contribution in [3.63, 3.8) is 0 Å². The van der Waals surface area contributed by atoms with Crippen LogP contribution < -0.4 is 10.5 Å². The molecule has 2 heterocycles. The zero-order valence-electron chi connectivity index (χ0n) is 15.5. The van der Waals surface area contributed by atoms with Gasteiger partial charge < -0.3 is 10.1 Å². The minimum absolute atomic E-state index is 0.0228. The predicted octanol–water partition coefficient (Wildman–Crippen LogP) is 0.201. The van der Waals surface area contributed by atoms with Crippen LogP contribution >= 0.6 is 0 Å². The van der Waals surface area contributed by atoms with Crippen molar-refractivity contribution in [3.8, 4) is 0 Å². The van der Waals surface area contributed by atoms with Crippen molar-refractivity contribution in [3.05, 3.63) is 59.5 Å². The first-order chi connectivity index (χ1) is 13.8. The summed E-state index contributed by atoms with van der Waals surface area (Å²) in [6.45, 7) is 1.52. The van der Waals surface area contributed by atoms with Crippen LogP contribution in [0.15, 0.2) is 47.6 Å². The van der Waals surface area contributed by atoms with Gasteiger partial charge in [0.15, 0.2) is 12.3 Å². The van der Waals surface area contributed by atoms with Gasteiger partial charge in [0.2, 0.25) is 10.0 Å². The number of nitrogens with zero attached hydrogens (tertiary/aromatic N) is 3. The highest BCUT2D eigenvalue weighted by molar-refractivity contribution is 7.89. The summed E-state index contributed by atoms with van der Waals surface area (Å²) in [4.78, 5) is 28.4. The molecule has 11 heteroatoms. The number of esters is 1. The maximum absolute atomic E-state index is 12.3. The molecular weight excluding hydrogens is 398 g/mol. The van der Waals surface area contributed by atoms with Crippen LogP contribution in [0.4, 0.5) is 0 Å². The zero-order valence-corrected chi connectivity index (χ0v) is 16.3. The fourth-order valence-corrected chi connectivity index (χ4v) is 3.20. The van der Waals surface area contributed by atoms with E-state index >= 15 is 0 Å². The largest absolute Gasteiger partial charge is 0.452 e. The third-order valence-electron chi connectivity index (χ3n) is 4.10. The van der Waals surface area contributed by atoms with Gasteiger partial charge in [-0.25, -0.2) is 27.9 Å². The number of hydrogen-bond donors (Lipinski definition) is 2. The van der Waals surface area contributed by atoms with Gasteiger partial charge in [0.1, 0.15) is 5.56 Å². The van der Waals surface area contributed by atoms with Crippen molar-refractivity contribution in [2.75, 3.05) is 13.2 Å². The van der Waals surface area contributed by atoms with Crippen molar-refractivity contribution in [1.29, 1.82) is 0 Å². The Hall–Kier alpha value is -3.31. The van der Waals surface area contributed by atoms with E-state index in [1.54, 1.807) is 31.3 Å². The Morgan fingerprint density at radius 1 is 1.24 bits per heavy atom. The van der Waals surface area contributed by atoms with Crippen molar-refractivity contribution in [2.24, 2.45) is 5.14 Å². The molecule has 1 amide bonds. The number of benzene rings is 1. The van der Waals surface area contributed by atoms with E-state index in [-0.39, 0.29) is 10.5 Å². The van der Waals surface area contributed by atoms with E-state index in [9.17, 15) is 18.0 Å². The predicted molar refractivity (Wildman–Crippen MR) is 103 cm³/mol. The molecule has 10 nitrogen and oxygen atoms in total. The Balaban J connectivity index is 1.48. The second kappa shape index (κ2) is 8.37. The summed E-state index contributed by atoms with van der Waals surface area (Å²) in [7, 11) is -3.73. The quantitative estimate of drug-likeness (QED) is 0.522. The van der Waals surface area contributed by atoms with Crippen LogP contribution in [-0.4, -0.2) is 48.0 Å².